The van der Waals surface area contributed by atoms with E-state index in [9.17, 15) is 0 Å². The van der Waals surface area contributed by atoms with Crippen molar-refractivity contribution in [2.75, 3.05) is 0 Å². The van der Waals surface area contributed by atoms with Crippen LogP contribution in [0, 0.1) is 17.8 Å². The number of hydrogen-bond acceptors (Lipinski definition) is 1. The maximum Gasteiger partial charge on any atom is 0.0182 e. The fourth-order valence-corrected chi connectivity index (χ4v) is 3.12. The first-order chi connectivity index (χ1) is 6.99. The highest BCUT2D eigenvalue weighted by Crippen LogP contribution is 2.40. The molecule has 2 N–H and O–H groups in total. The fraction of sp³-hybridized carbons (Fsp3) is 1.00. The van der Waals surface area contributed by atoms with Crippen molar-refractivity contribution < 1.29 is 0 Å². The molecule has 0 aliphatic heterocycles. The molecule has 3 atom stereocenters. The average Bonchev–Trinajstić information content (AvgIpc) is 2.18. The van der Waals surface area contributed by atoms with Gasteiger partial charge in [0.2, 0.25) is 0 Å². The quantitative estimate of drug-likeness (QED) is 0.748. The standard InChI is InChI=1S/C14H29N/c1-5-7-12(4)14(15)9-6-8-13(10-14)11(2)3/h11-13H,5-10,15H2,1-4H3. The van der Waals surface area contributed by atoms with Gasteiger partial charge in [-0.1, -0.05) is 47.0 Å². The first-order valence-electron chi connectivity index (χ1n) is 6.78. The summed E-state index contributed by atoms with van der Waals surface area (Å²) in [6.45, 7) is 9.32. The third-order valence-corrected chi connectivity index (χ3v) is 4.51. The normalized spacial score (nSPS) is 34.4. The van der Waals surface area contributed by atoms with Crippen molar-refractivity contribution in [1.82, 2.24) is 0 Å². The molecule has 90 valence electrons. The zero-order chi connectivity index (χ0) is 11.5. The lowest BCUT2D eigenvalue weighted by Crippen LogP contribution is -2.50. The minimum Gasteiger partial charge on any atom is -0.325 e. The highest BCUT2D eigenvalue weighted by atomic mass is 14.8. The van der Waals surface area contributed by atoms with E-state index in [-0.39, 0.29) is 5.54 Å². The van der Waals surface area contributed by atoms with Crippen LogP contribution in [-0.4, -0.2) is 5.54 Å². The average molecular weight is 211 g/mol. The van der Waals surface area contributed by atoms with Gasteiger partial charge in [0.25, 0.3) is 0 Å². The van der Waals surface area contributed by atoms with E-state index in [0.29, 0.717) is 5.92 Å². The Bertz CT molecular complexity index is 188. The second-order valence-electron chi connectivity index (χ2n) is 6.02. The van der Waals surface area contributed by atoms with E-state index in [4.69, 9.17) is 5.73 Å². The van der Waals surface area contributed by atoms with Gasteiger partial charge >= 0.3 is 0 Å². The molecule has 0 aromatic carbocycles. The van der Waals surface area contributed by atoms with Crippen LogP contribution in [0.2, 0.25) is 0 Å². The highest BCUT2D eigenvalue weighted by Gasteiger charge is 2.37. The van der Waals surface area contributed by atoms with Gasteiger partial charge in [-0.2, -0.15) is 0 Å². The van der Waals surface area contributed by atoms with Crippen LogP contribution in [-0.2, 0) is 0 Å². The van der Waals surface area contributed by atoms with E-state index in [0.717, 1.165) is 11.8 Å². The molecule has 1 heteroatoms. The van der Waals surface area contributed by atoms with E-state index in [1.165, 1.54) is 38.5 Å². The first-order valence-corrected chi connectivity index (χ1v) is 6.78. The zero-order valence-corrected chi connectivity index (χ0v) is 11.1. The van der Waals surface area contributed by atoms with Gasteiger partial charge in [-0.3, -0.25) is 0 Å². The van der Waals surface area contributed by atoms with Crippen LogP contribution >= 0.6 is 0 Å². The van der Waals surface area contributed by atoms with Crippen LogP contribution in [0.5, 0.6) is 0 Å². The molecule has 1 rings (SSSR count). The molecular weight excluding hydrogens is 182 g/mol. The molecule has 1 fully saturated rings. The summed E-state index contributed by atoms with van der Waals surface area (Å²) in [6, 6.07) is 0. The SMILES string of the molecule is CCCC(C)C1(N)CCCC(C(C)C)C1. The van der Waals surface area contributed by atoms with E-state index in [1.54, 1.807) is 0 Å². The molecule has 0 aromatic rings. The highest BCUT2D eigenvalue weighted by molar-refractivity contribution is 4.94. The molecule has 0 spiro atoms. The molecular formula is C14H29N. The Balaban J connectivity index is 2.59. The predicted octanol–water partition coefficient (Wildman–Crippen LogP) is 3.97. The number of nitrogens with two attached hydrogens (primary N) is 1. The minimum atomic E-state index is 0.142. The molecule has 3 unspecified atom stereocenters. The fourth-order valence-electron chi connectivity index (χ4n) is 3.12. The Morgan fingerprint density at radius 2 is 2.00 bits per heavy atom. The lowest BCUT2D eigenvalue weighted by molar-refractivity contribution is 0.129. The topological polar surface area (TPSA) is 26.0 Å². The molecule has 0 amide bonds. The molecule has 1 aliphatic rings. The zero-order valence-electron chi connectivity index (χ0n) is 11.1. The van der Waals surface area contributed by atoms with Crippen LogP contribution in [0.25, 0.3) is 0 Å². The summed E-state index contributed by atoms with van der Waals surface area (Å²) in [6.07, 6.45) is 7.81. The summed E-state index contributed by atoms with van der Waals surface area (Å²) < 4.78 is 0. The van der Waals surface area contributed by atoms with Crippen LogP contribution in [0.3, 0.4) is 0 Å². The largest absolute Gasteiger partial charge is 0.325 e. The Morgan fingerprint density at radius 1 is 1.33 bits per heavy atom. The number of rotatable bonds is 4. The predicted molar refractivity (Wildman–Crippen MR) is 67.8 cm³/mol. The van der Waals surface area contributed by atoms with Crippen LogP contribution in [0.1, 0.15) is 66.2 Å². The minimum absolute atomic E-state index is 0.142. The summed E-state index contributed by atoms with van der Waals surface area (Å²) in [5.41, 5.74) is 6.76. The van der Waals surface area contributed by atoms with Gasteiger partial charge in [-0.15, -0.1) is 0 Å². The summed E-state index contributed by atoms with van der Waals surface area (Å²) in [5.74, 6) is 2.37. The summed E-state index contributed by atoms with van der Waals surface area (Å²) in [7, 11) is 0. The summed E-state index contributed by atoms with van der Waals surface area (Å²) >= 11 is 0. The lowest BCUT2D eigenvalue weighted by atomic mass is 9.66. The van der Waals surface area contributed by atoms with E-state index >= 15 is 0 Å². The van der Waals surface area contributed by atoms with Gasteiger partial charge in [0.1, 0.15) is 0 Å². The number of hydrogen-bond donors (Lipinski definition) is 1. The van der Waals surface area contributed by atoms with E-state index in [2.05, 4.69) is 27.7 Å². The Morgan fingerprint density at radius 3 is 2.53 bits per heavy atom. The van der Waals surface area contributed by atoms with Gasteiger partial charge in [0, 0.05) is 5.54 Å². The molecule has 1 nitrogen and oxygen atoms in total. The van der Waals surface area contributed by atoms with Crippen LogP contribution in [0.4, 0.5) is 0 Å². The Kier molecular flexibility index (Phi) is 4.64. The monoisotopic (exact) mass is 211 g/mol. The van der Waals surface area contributed by atoms with Gasteiger partial charge in [0.15, 0.2) is 0 Å². The van der Waals surface area contributed by atoms with Gasteiger partial charge in [0.05, 0.1) is 0 Å². The third kappa shape index (κ3) is 3.21. The second-order valence-corrected chi connectivity index (χ2v) is 6.02. The first kappa shape index (κ1) is 13.0. The van der Waals surface area contributed by atoms with Crippen molar-refractivity contribution in [3.05, 3.63) is 0 Å². The van der Waals surface area contributed by atoms with Crippen molar-refractivity contribution in [3.63, 3.8) is 0 Å². The second kappa shape index (κ2) is 5.34. The summed E-state index contributed by atoms with van der Waals surface area (Å²) in [5, 5.41) is 0. The molecule has 0 saturated heterocycles. The molecule has 0 aromatic heterocycles. The maximum absolute atomic E-state index is 6.62. The Labute approximate surface area is 95.8 Å². The van der Waals surface area contributed by atoms with E-state index < -0.39 is 0 Å². The Hall–Kier alpha value is -0.0400. The molecule has 0 bridgehead atoms. The van der Waals surface area contributed by atoms with Gasteiger partial charge < -0.3 is 5.73 Å². The third-order valence-electron chi connectivity index (χ3n) is 4.51. The van der Waals surface area contributed by atoms with Gasteiger partial charge in [-0.05, 0) is 37.0 Å². The molecule has 1 saturated carbocycles. The molecule has 1 aliphatic carbocycles. The van der Waals surface area contributed by atoms with Crippen molar-refractivity contribution in [2.45, 2.75) is 71.8 Å². The van der Waals surface area contributed by atoms with Crippen LogP contribution < -0.4 is 5.73 Å². The molecule has 15 heavy (non-hydrogen) atoms. The van der Waals surface area contributed by atoms with E-state index in [1.807, 2.05) is 0 Å². The van der Waals surface area contributed by atoms with Crippen LogP contribution in [0.15, 0.2) is 0 Å². The van der Waals surface area contributed by atoms with Gasteiger partial charge in [-0.25, -0.2) is 0 Å². The molecule has 0 heterocycles. The van der Waals surface area contributed by atoms with Crippen molar-refractivity contribution >= 4 is 0 Å². The van der Waals surface area contributed by atoms with Crippen molar-refractivity contribution in [1.29, 1.82) is 0 Å². The lowest BCUT2D eigenvalue weighted by Gasteiger charge is -2.43. The maximum atomic E-state index is 6.62. The molecule has 0 radical (unpaired) electrons. The van der Waals surface area contributed by atoms with Crippen molar-refractivity contribution in [3.8, 4) is 0 Å². The summed E-state index contributed by atoms with van der Waals surface area (Å²) in [4.78, 5) is 0. The smallest absolute Gasteiger partial charge is 0.0182 e. The van der Waals surface area contributed by atoms with Crippen molar-refractivity contribution in [2.24, 2.45) is 23.5 Å².